The second-order valence-corrected chi connectivity index (χ2v) is 11.8. The van der Waals surface area contributed by atoms with Crippen molar-refractivity contribution in [3.05, 3.63) is 91.9 Å². The van der Waals surface area contributed by atoms with Crippen LogP contribution in [-0.2, 0) is 19.7 Å². The highest BCUT2D eigenvalue weighted by Gasteiger charge is 2.36. The summed E-state index contributed by atoms with van der Waals surface area (Å²) in [4.78, 5) is 49.1. The van der Waals surface area contributed by atoms with Gasteiger partial charge in [0.2, 0.25) is 5.91 Å². The first-order valence-electron chi connectivity index (χ1n) is 12.3. The van der Waals surface area contributed by atoms with Gasteiger partial charge in [-0.3, -0.25) is 29.4 Å². The van der Waals surface area contributed by atoms with Gasteiger partial charge in [0.15, 0.2) is 11.5 Å². The van der Waals surface area contributed by atoms with Gasteiger partial charge in [-0.25, -0.2) is 0 Å². The van der Waals surface area contributed by atoms with Crippen molar-refractivity contribution >= 4 is 56.4 Å². The maximum Gasteiger partial charge on any atom is 0.339 e. The van der Waals surface area contributed by atoms with E-state index in [-0.39, 0.29) is 27.7 Å². The van der Waals surface area contributed by atoms with Crippen LogP contribution >= 0.6 is 11.8 Å². The lowest BCUT2D eigenvalue weighted by Gasteiger charge is -2.14. The van der Waals surface area contributed by atoms with Crippen molar-refractivity contribution in [2.24, 2.45) is 0 Å². The Kier molecular flexibility index (Phi) is 8.68. The van der Waals surface area contributed by atoms with Crippen LogP contribution in [0.25, 0.3) is 6.08 Å². The van der Waals surface area contributed by atoms with Gasteiger partial charge < -0.3 is 14.2 Å². The summed E-state index contributed by atoms with van der Waals surface area (Å²) in [7, 11) is -3.19. The third-order valence-electron chi connectivity index (χ3n) is 6.40. The van der Waals surface area contributed by atoms with Crippen LogP contribution in [0.5, 0.6) is 11.5 Å². The molecule has 14 heteroatoms. The predicted octanol–water partition coefficient (Wildman–Crippen LogP) is 4.97. The number of rotatable bonds is 9. The number of nitrogens with zero attached hydrogens (tertiary/aromatic N) is 2. The van der Waals surface area contributed by atoms with Crippen LogP contribution < -0.4 is 14.2 Å². The minimum atomic E-state index is -4.46. The van der Waals surface area contributed by atoms with Crippen molar-refractivity contribution in [2.75, 3.05) is 19.0 Å². The van der Waals surface area contributed by atoms with Gasteiger partial charge in [-0.2, -0.15) is 8.42 Å². The largest absolute Gasteiger partial charge is 0.493 e. The molecule has 12 nitrogen and oxygen atoms in total. The number of imide groups is 1. The van der Waals surface area contributed by atoms with Crippen LogP contribution in [0, 0.1) is 30.9 Å². The third kappa shape index (κ3) is 6.44. The van der Waals surface area contributed by atoms with Crippen molar-refractivity contribution in [1.29, 1.82) is 0 Å². The first-order chi connectivity index (χ1) is 19.8. The number of carbonyl (C=O) groups is 3. The fraction of sp³-hybridized carbons (Fsp3) is 0.179. The zero-order valence-corrected chi connectivity index (χ0v) is 24.5. The van der Waals surface area contributed by atoms with E-state index in [0.717, 1.165) is 22.1 Å². The van der Waals surface area contributed by atoms with E-state index < -0.39 is 43.5 Å². The summed E-state index contributed by atoms with van der Waals surface area (Å²) in [5, 5.41) is 13.3. The third-order valence-corrected chi connectivity index (χ3v) is 8.54. The summed E-state index contributed by atoms with van der Waals surface area (Å²) in [6.45, 7) is 4.76. The van der Waals surface area contributed by atoms with Crippen molar-refractivity contribution in [3.63, 3.8) is 0 Å². The Morgan fingerprint density at radius 3 is 2.48 bits per heavy atom. The minimum Gasteiger partial charge on any atom is -0.493 e. The van der Waals surface area contributed by atoms with Crippen LogP contribution in [0.1, 0.15) is 22.3 Å². The van der Waals surface area contributed by atoms with Gasteiger partial charge in [-0.05, 0) is 79.6 Å². The molecule has 3 aromatic carbocycles. The Bertz CT molecular complexity index is 1770. The SMILES string of the molecule is COc1cc(/C=C2\SC(=O)N(CC(=O)Nc3cccc(C)c3C)C2=O)ccc1OS(=O)(=O)c1ccc(C)c([N+](=O)[O-])c1. The molecule has 218 valence electrons. The fourth-order valence-corrected chi connectivity index (χ4v) is 5.76. The molecule has 0 radical (unpaired) electrons. The average molecular weight is 612 g/mol. The lowest BCUT2D eigenvalue weighted by molar-refractivity contribution is -0.385. The number of hydrogen-bond donors (Lipinski definition) is 1. The number of ether oxygens (including phenoxy) is 1. The second-order valence-electron chi connectivity index (χ2n) is 9.22. The summed E-state index contributed by atoms with van der Waals surface area (Å²) >= 11 is 0.656. The molecule has 1 fully saturated rings. The molecule has 1 N–H and O–H groups in total. The quantitative estimate of drug-likeness (QED) is 0.151. The molecular weight excluding hydrogens is 586 g/mol. The zero-order chi connectivity index (χ0) is 30.8. The summed E-state index contributed by atoms with van der Waals surface area (Å²) in [5.41, 5.74) is 2.72. The molecule has 0 bridgehead atoms. The number of thioether (sulfide) groups is 1. The maximum absolute atomic E-state index is 12.9. The zero-order valence-electron chi connectivity index (χ0n) is 22.9. The van der Waals surface area contributed by atoms with Crippen LogP contribution in [0.15, 0.2) is 64.4 Å². The molecule has 1 saturated heterocycles. The van der Waals surface area contributed by atoms with E-state index in [2.05, 4.69) is 5.32 Å². The van der Waals surface area contributed by atoms with E-state index in [1.807, 2.05) is 19.9 Å². The number of nitro benzene ring substituents is 1. The maximum atomic E-state index is 12.9. The van der Waals surface area contributed by atoms with Crippen LogP contribution in [0.2, 0.25) is 0 Å². The lowest BCUT2D eigenvalue weighted by Crippen LogP contribution is -2.36. The van der Waals surface area contributed by atoms with Gasteiger partial charge in [0.1, 0.15) is 11.4 Å². The molecule has 3 amide bonds. The number of anilines is 1. The van der Waals surface area contributed by atoms with Gasteiger partial charge in [-0.1, -0.05) is 24.3 Å². The van der Waals surface area contributed by atoms with E-state index in [1.165, 1.54) is 50.4 Å². The summed E-state index contributed by atoms with van der Waals surface area (Å²) in [5.74, 6) is -1.41. The molecule has 0 aromatic heterocycles. The first kappa shape index (κ1) is 30.3. The molecule has 42 heavy (non-hydrogen) atoms. The number of hydrogen-bond acceptors (Lipinski definition) is 10. The summed E-state index contributed by atoms with van der Waals surface area (Å²) < 4.78 is 36.1. The molecule has 1 heterocycles. The number of carbonyl (C=O) groups excluding carboxylic acids is 3. The van der Waals surface area contributed by atoms with E-state index in [4.69, 9.17) is 8.92 Å². The van der Waals surface area contributed by atoms with E-state index >= 15 is 0 Å². The molecule has 1 aliphatic rings. The number of methoxy groups -OCH3 is 1. The highest BCUT2D eigenvalue weighted by molar-refractivity contribution is 8.18. The molecule has 1 aliphatic heterocycles. The Morgan fingerprint density at radius 1 is 1.05 bits per heavy atom. The number of nitrogens with one attached hydrogen (secondary N) is 1. The molecule has 0 unspecified atom stereocenters. The standard InChI is InChI=1S/C28H25N3O9S2/c1-16-6-5-7-21(18(16)3)29-26(32)15-30-27(33)25(41-28(30)34)13-19-9-11-23(24(12-19)39-4)40-42(37,38)20-10-8-17(2)22(14-20)31(35)36/h5-14H,15H2,1-4H3,(H,29,32)/b25-13-. The fourth-order valence-electron chi connectivity index (χ4n) is 3.96. The highest BCUT2D eigenvalue weighted by Crippen LogP contribution is 2.36. The molecular formula is C28H25N3O9S2. The topological polar surface area (TPSA) is 162 Å². The molecule has 0 saturated carbocycles. The van der Waals surface area contributed by atoms with Gasteiger partial charge in [0, 0.05) is 17.3 Å². The average Bonchev–Trinajstić information content (AvgIpc) is 3.19. The highest BCUT2D eigenvalue weighted by atomic mass is 32.2. The smallest absolute Gasteiger partial charge is 0.339 e. The van der Waals surface area contributed by atoms with E-state index in [9.17, 15) is 32.9 Å². The Balaban J connectivity index is 1.51. The monoisotopic (exact) mass is 611 g/mol. The van der Waals surface area contributed by atoms with Gasteiger partial charge in [-0.15, -0.1) is 0 Å². The Morgan fingerprint density at radius 2 is 1.79 bits per heavy atom. The predicted molar refractivity (Wildman–Crippen MR) is 156 cm³/mol. The van der Waals surface area contributed by atoms with Crippen LogP contribution in [-0.4, -0.2) is 48.9 Å². The van der Waals surface area contributed by atoms with Crippen molar-refractivity contribution < 1.29 is 36.6 Å². The van der Waals surface area contributed by atoms with Gasteiger partial charge in [0.05, 0.1) is 16.9 Å². The minimum absolute atomic E-state index is 0.0129. The molecule has 4 rings (SSSR count). The van der Waals surface area contributed by atoms with Crippen molar-refractivity contribution in [1.82, 2.24) is 4.90 Å². The lowest BCUT2D eigenvalue weighted by atomic mass is 10.1. The Hall–Kier alpha value is -4.69. The van der Waals surface area contributed by atoms with E-state index in [1.54, 1.807) is 12.1 Å². The van der Waals surface area contributed by atoms with Gasteiger partial charge in [0.25, 0.3) is 16.8 Å². The summed E-state index contributed by atoms with van der Waals surface area (Å²) in [6.07, 6.45) is 1.40. The number of aryl methyl sites for hydroxylation is 2. The Labute approximate surface area is 245 Å². The molecule has 3 aromatic rings. The summed E-state index contributed by atoms with van der Waals surface area (Å²) in [6, 6.07) is 12.9. The first-order valence-corrected chi connectivity index (χ1v) is 14.5. The van der Waals surface area contributed by atoms with Crippen LogP contribution in [0.4, 0.5) is 16.2 Å². The normalized spacial score (nSPS) is 14.3. The van der Waals surface area contributed by atoms with Crippen LogP contribution in [0.3, 0.4) is 0 Å². The molecule has 0 aliphatic carbocycles. The number of amides is 3. The van der Waals surface area contributed by atoms with Gasteiger partial charge >= 0.3 is 10.1 Å². The van der Waals surface area contributed by atoms with Crippen molar-refractivity contribution in [3.8, 4) is 11.5 Å². The number of nitro groups is 1. The number of benzene rings is 3. The van der Waals surface area contributed by atoms with E-state index in [0.29, 0.717) is 23.0 Å². The second kappa shape index (κ2) is 12.0. The van der Waals surface area contributed by atoms with Crippen molar-refractivity contribution in [2.45, 2.75) is 25.7 Å². The molecule has 0 atom stereocenters. The molecule has 0 spiro atoms.